The lowest BCUT2D eigenvalue weighted by Crippen LogP contribution is -1.95. The van der Waals surface area contributed by atoms with Crippen LogP contribution in [-0.4, -0.2) is 30.0 Å². The molecule has 0 atom stereocenters. The summed E-state index contributed by atoms with van der Waals surface area (Å²) in [7, 11) is 1.69. The topological polar surface area (TPSA) is 61.4 Å². The SMILES string of the molecule is Cn1nnc(-c2cnn(-c3ccc(Cl)cc3)c2Cl)n1. The summed E-state index contributed by atoms with van der Waals surface area (Å²) in [6, 6.07) is 7.20. The Labute approximate surface area is 118 Å². The zero-order valence-electron chi connectivity index (χ0n) is 9.83. The second-order valence-electron chi connectivity index (χ2n) is 3.84. The zero-order valence-corrected chi connectivity index (χ0v) is 11.3. The van der Waals surface area contributed by atoms with Gasteiger partial charge in [0.25, 0.3) is 0 Å². The summed E-state index contributed by atoms with van der Waals surface area (Å²) in [5, 5.41) is 17.1. The van der Waals surface area contributed by atoms with Crippen LogP contribution in [0.5, 0.6) is 0 Å². The van der Waals surface area contributed by atoms with Gasteiger partial charge in [-0.25, -0.2) is 4.68 Å². The Morgan fingerprint density at radius 1 is 1.11 bits per heavy atom. The third-order valence-electron chi connectivity index (χ3n) is 2.53. The number of hydrogen-bond acceptors (Lipinski definition) is 4. The molecule has 0 amide bonds. The summed E-state index contributed by atoms with van der Waals surface area (Å²) in [6.07, 6.45) is 1.61. The van der Waals surface area contributed by atoms with Crippen molar-refractivity contribution in [3.63, 3.8) is 0 Å². The molecule has 1 aromatic carbocycles. The van der Waals surface area contributed by atoms with Gasteiger partial charge in [-0.1, -0.05) is 23.2 Å². The number of aromatic nitrogens is 6. The summed E-state index contributed by atoms with van der Waals surface area (Å²) >= 11 is 12.1. The normalized spacial score (nSPS) is 10.9. The second kappa shape index (κ2) is 4.64. The van der Waals surface area contributed by atoms with Gasteiger partial charge in [-0.15, -0.1) is 10.2 Å². The van der Waals surface area contributed by atoms with Crippen LogP contribution in [0.1, 0.15) is 0 Å². The van der Waals surface area contributed by atoms with Crippen molar-refractivity contribution in [1.29, 1.82) is 0 Å². The average Bonchev–Trinajstić information content (AvgIpc) is 2.97. The summed E-state index contributed by atoms with van der Waals surface area (Å²) in [5.41, 5.74) is 1.44. The molecule has 96 valence electrons. The molecule has 2 aromatic heterocycles. The summed E-state index contributed by atoms with van der Waals surface area (Å²) < 4.78 is 1.59. The van der Waals surface area contributed by atoms with E-state index in [0.29, 0.717) is 21.6 Å². The van der Waals surface area contributed by atoms with Crippen LogP contribution < -0.4 is 0 Å². The minimum atomic E-state index is 0.426. The highest BCUT2D eigenvalue weighted by molar-refractivity contribution is 6.32. The predicted octanol–water partition coefficient (Wildman–Crippen LogP) is 2.37. The average molecular weight is 295 g/mol. The number of hydrogen-bond donors (Lipinski definition) is 0. The Balaban J connectivity index is 2.06. The molecule has 0 spiro atoms. The van der Waals surface area contributed by atoms with E-state index in [-0.39, 0.29) is 0 Å². The smallest absolute Gasteiger partial charge is 0.209 e. The first-order valence-corrected chi connectivity index (χ1v) is 6.14. The molecule has 0 saturated carbocycles. The molecule has 0 fully saturated rings. The van der Waals surface area contributed by atoms with Crippen LogP contribution in [0.3, 0.4) is 0 Å². The van der Waals surface area contributed by atoms with Gasteiger partial charge in [-0.2, -0.15) is 9.90 Å². The van der Waals surface area contributed by atoms with Crippen molar-refractivity contribution < 1.29 is 0 Å². The Hall–Kier alpha value is -1.92. The molecular formula is C11H8Cl2N6. The minimum Gasteiger partial charge on any atom is -0.221 e. The summed E-state index contributed by atoms with van der Waals surface area (Å²) in [5.74, 6) is 0.438. The first kappa shape index (κ1) is 12.1. The highest BCUT2D eigenvalue weighted by Gasteiger charge is 2.15. The largest absolute Gasteiger partial charge is 0.221 e. The summed E-state index contributed by atoms with van der Waals surface area (Å²) in [6.45, 7) is 0. The molecule has 19 heavy (non-hydrogen) atoms. The number of rotatable bonds is 2. The maximum absolute atomic E-state index is 6.29. The molecule has 0 aliphatic rings. The monoisotopic (exact) mass is 294 g/mol. The summed E-state index contributed by atoms with van der Waals surface area (Å²) in [4.78, 5) is 1.37. The standard InChI is InChI=1S/C11H8Cl2N6/c1-18-16-11(15-17-18)9-6-14-19(10(9)13)8-4-2-7(12)3-5-8/h2-6H,1H3. The van der Waals surface area contributed by atoms with E-state index in [4.69, 9.17) is 23.2 Å². The molecule has 0 unspecified atom stereocenters. The zero-order chi connectivity index (χ0) is 13.4. The fourth-order valence-corrected chi connectivity index (χ4v) is 2.04. The van der Waals surface area contributed by atoms with Crippen LogP contribution in [0.15, 0.2) is 30.5 Å². The van der Waals surface area contributed by atoms with Gasteiger partial charge in [-0.3, -0.25) is 0 Å². The molecule has 2 heterocycles. The van der Waals surface area contributed by atoms with E-state index >= 15 is 0 Å². The van der Waals surface area contributed by atoms with E-state index in [1.54, 1.807) is 30.1 Å². The molecule has 3 aromatic rings. The van der Waals surface area contributed by atoms with Crippen molar-refractivity contribution in [2.45, 2.75) is 0 Å². The van der Waals surface area contributed by atoms with E-state index in [1.165, 1.54) is 4.80 Å². The Morgan fingerprint density at radius 2 is 1.84 bits per heavy atom. The number of benzene rings is 1. The fraction of sp³-hybridized carbons (Fsp3) is 0.0909. The lowest BCUT2D eigenvalue weighted by atomic mass is 10.3. The van der Waals surface area contributed by atoms with Crippen molar-refractivity contribution in [2.24, 2.45) is 7.05 Å². The first-order valence-electron chi connectivity index (χ1n) is 5.39. The maximum atomic E-state index is 6.29. The van der Waals surface area contributed by atoms with Crippen LogP contribution >= 0.6 is 23.2 Å². The third-order valence-corrected chi connectivity index (χ3v) is 3.15. The molecule has 6 nitrogen and oxygen atoms in total. The van der Waals surface area contributed by atoms with Crippen LogP contribution in [0.2, 0.25) is 10.2 Å². The van der Waals surface area contributed by atoms with Crippen LogP contribution in [0.25, 0.3) is 17.1 Å². The molecule has 0 radical (unpaired) electrons. The Bertz CT molecular complexity index is 715. The van der Waals surface area contributed by atoms with Crippen molar-refractivity contribution in [3.8, 4) is 17.1 Å². The lowest BCUT2D eigenvalue weighted by molar-refractivity contribution is 0.630. The van der Waals surface area contributed by atoms with Gasteiger partial charge in [0.2, 0.25) is 5.82 Å². The first-order chi connectivity index (χ1) is 9.15. The molecule has 0 saturated heterocycles. The second-order valence-corrected chi connectivity index (χ2v) is 4.63. The Morgan fingerprint density at radius 3 is 2.47 bits per heavy atom. The molecule has 0 aliphatic carbocycles. The van der Waals surface area contributed by atoms with E-state index in [2.05, 4.69) is 20.5 Å². The molecule has 3 rings (SSSR count). The minimum absolute atomic E-state index is 0.426. The highest BCUT2D eigenvalue weighted by atomic mass is 35.5. The van der Waals surface area contributed by atoms with E-state index in [0.717, 1.165) is 5.69 Å². The van der Waals surface area contributed by atoms with Gasteiger partial charge in [0.15, 0.2) is 0 Å². The molecule has 8 heteroatoms. The molecule has 0 bridgehead atoms. The van der Waals surface area contributed by atoms with Crippen LogP contribution in [-0.2, 0) is 7.05 Å². The number of halogens is 2. The lowest BCUT2D eigenvalue weighted by Gasteiger charge is -2.02. The molecule has 0 aliphatic heterocycles. The van der Waals surface area contributed by atoms with Gasteiger partial charge >= 0.3 is 0 Å². The van der Waals surface area contributed by atoms with Crippen molar-refractivity contribution in [1.82, 2.24) is 30.0 Å². The van der Waals surface area contributed by atoms with Crippen molar-refractivity contribution >= 4 is 23.2 Å². The van der Waals surface area contributed by atoms with Gasteiger partial charge < -0.3 is 0 Å². The fourth-order valence-electron chi connectivity index (χ4n) is 1.64. The van der Waals surface area contributed by atoms with Gasteiger partial charge in [0.05, 0.1) is 24.5 Å². The van der Waals surface area contributed by atoms with Crippen LogP contribution in [0, 0.1) is 0 Å². The van der Waals surface area contributed by atoms with E-state index < -0.39 is 0 Å². The van der Waals surface area contributed by atoms with Crippen molar-refractivity contribution in [2.75, 3.05) is 0 Å². The van der Waals surface area contributed by atoms with E-state index in [9.17, 15) is 0 Å². The van der Waals surface area contributed by atoms with E-state index in [1.807, 2.05) is 12.1 Å². The van der Waals surface area contributed by atoms with Crippen LogP contribution in [0.4, 0.5) is 0 Å². The van der Waals surface area contributed by atoms with Crippen molar-refractivity contribution in [3.05, 3.63) is 40.6 Å². The quantitative estimate of drug-likeness (QED) is 0.728. The predicted molar refractivity (Wildman–Crippen MR) is 71.4 cm³/mol. The molecular weight excluding hydrogens is 287 g/mol. The van der Waals surface area contributed by atoms with Gasteiger partial charge in [-0.05, 0) is 29.5 Å². The maximum Gasteiger partial charge on any atom is 0.209 e. The van der Waals surface area contributed by atoms with Gasteiger partial charge in [0, 0.05) is 5.02 Å². The molecule has 0 N–H and O–H groups in total. The highest BCUT2D eigenvalue weighted by Crippen LogP contribution is 2.27. The third kappa shape index (κ3) is 2.20. The number of aryl methyl sites for hydroxylation is 1. The number of tetrazole rings is 1. The Kier molecular flexibility index (Phi) is 2.96. The number of nitrogens with zero attached hydrogens (tertiary/aromatic N) is 6. The van der Waals surface area contributed by atoms with Gasteiger partial charge in [0.1, 0.15) is 5.15 Å².